The quantitative estimate of drug-likeness (QED) is 0.231. The molecule has 166 valence electrons. The molecular formula is C24H54ClNSi. The van der Waals surface area contributed by atoms with Gasteiger partial charge in [-0.1, -0.05) is 97.8 Å². The van der Waals surface area contributed by atoms with Crippen molar-refractivity contribution >= 4 is 10.4 Å². The molecule has 27 heavy (non-hydrogen) atoms. The van der Waals surface area contributed by atoms with Crippen molar-refractivity contribution in [2.45, 2.75) is 136 Å². The lowest BCUT2D eigenvalue weighted by Crippen LogP contribution is -3.00. The van der Waals surface area contributed by atoms with Crippen molar-refractivity contribution in [1.29, 1.82) is 0 Å². The summed E-state index contributed by atoms with van der Waals surface area (Å²) < 4.78 is 1.49. The van der Waals surface area contributed by atoms with Crippen molar-refractivity contribution in [3.63, 3.8) is 0 Å². The van der Waals surface area contributed by atoms with Gasteiger partial charge in [-0.25, -0.2) is 0 Å². The van der Waals surface area contributed by atoms with Gasteiger partial charge in [0.1, 0.15) is 0 Å². The molecule has 0 heterocycles. The van der Waals surface area contributed by atoms with E-state index >= 15 is 0 Å². The first-order valence-corrected chi connectivity index (χ1v) is 13.4. The second kappa shape index (κ2) is 22.8. The Kier molecular flexibility index (Phi) is 25.0. The van der Waals surface area contributed by atoms with Gasteiger partial charge in [0.25, 0.3) is 0 Å². The summed E-state index contributed by atoms with van der Waals surface area (Å²) in [4.78, 5) is 0. The van der Waals surface area contributed by atoms with Gasteiger partial charge in [0, 0.05) is 0 Å². The van der Waals surface area contributed by atoms with E-state index in [1.165, 1.54) is 150 Å². The van der Waals surface area contributed by atoms with Crippen molar-refractivity contribution in [2.75, 3.05) is 19.6 Å². The van der Waals surface area contributed by atoms with Crippen LogP contribution in [0.3, 0.4) is 0 Å². The zero-order valence-electron chi connectivity index (χ0n) is 19.7. The minimum absolute atomic E-state index is 0. The highest BCUT2D eigenvalue weighted by atomic mass is 35.5. The van der Waals surface area contributed by atoms with Gasteiger partial charge in [-0.15, -0.1) is 0 Å². The van der Waals surface area contributed by atoms with Crippen LogP contribution in [0.1, 0.15) is 136 Å². The highest BCUT2D eigenvalue weighted by molar-refractivity contribution is 5.97. The molecule has 0 amide bonds. The molecule has 1 rings (SSSR count). The van der Waals surface area contributed by atoms with E-state index in [9.17, 15) is 0 Å². The predicted octanol–water partition coefficient (Wildman–Crippen LogP) is 4.17. The van der Waals surface area contributed by atoms with Crippen LogP contribution in [0.4, 0.5) is 0 Å². The number of halogens is 1. The smallest absolute Gasteiger partial charge is 0.239 e. The van der Waals surface area contributed by atoms with E-state index in [1.54, 1.807) is 0 Å². The standard InChI is InChI=1S/C21H48NSi.C3H6.ClH/c1-4-7-10-13-16-19-22(23,20-17-14-11-8-5-2)21-18-15-12-9-6-3;1-2-3-1;/h4-21H2,1-3,23H3;1-3H2;1H/q+1;;/p-1. The van der Waals surface area contributed by atoms with Crippen LogP contribution in [0.5, 0.6) is 0 Å². The predicted molar refractivity (Wildman–Crippen MR) is 125 cm³/mol. The summed E-state index contributed by atoms with van der Waals surface area (Å²) in [6.45, 7) is 11.4. The molecule has 1 aliphatic rings. The minimum Gasteiger partial charge on any atom is -1.00 e. The highest BCUT2D eigenvalue weighted by Gasteiger charge is 2.18. The summed E-state index contributed by atoms with van der Waals surface area (Å²) in [5.74, 6) is 0. The molecule has 3 heteroatoms. The number of unbranched alkanes of at least 4 members (excludes halogenated alkanes) is 12. The Balaban J connectivity index is 0. The number of hydrogen-bond acceptors (Lipinski definition) is 0. The monoisotopic (exact) mass is 419 g/mol. The van der Waals surface area contributed by atoms with Gasteiger partial charge in [-0.05, 0) is 38.5 Å². The van der Waals surface area contributed by atoms with Gasteiger partial charge in [-0.3, -0.25) is 0 Å². The van der Waals surface area contributed by atoms with Gasteiger partial charge >= 0.3 is 0 Å². The second-order valence-corrected chi connectivity index (χ2v) is 11.0. The highest BCUT2D eigenvalue weighted by Crippen LogP contribution is 2.15. The van der Waals surface area contributed by atoms with Crippen LogP contribution >= 0.6 is 0 Å². The molecule has 0 saturated heterocycles. The lowest BCUT2D eigenvalue weighted by molar-refractivity contribution is -0.818. The van der Waals surface area contributed by atoms with Gasteiger partial charge < -0.3 is 16.6 Å². The van der Waals surface area contributed by atoms with E-state index in [-0.39, 0.29) is 12.4 Å². The van der Waals surface area contributed by atoms with Crippen molar-refractivity contribution in [1.82, 2.24) is 0 Å². The summed E-state index contributed by atoms with van der Waals surface area (Å²) >= 11 is 0. The maximum atomic E-state index is 2.32. The van der Waals surface area contributed by atoms with E-state index in [4.69, 9.17) is 0 Å². The number of quaternary nitrogens is 1. The van der Waals surface area contributed by atoms with Gasteiger partial charge in [0.2, 0.25) is 10.4 Å². The van der Waals surface area contributed by atoms with Crippen LogP contribution in [0, 0.1) is 0 Å². The number of rotatable bonds is 18. The molecule has 1 fully saturated rings. The lowest BCUT2D eigenvalue weighted by atomic mass is 10.1. The zero-order chi connectivity index (χ0) is 19.3. The molecule has 1 aliphatic carbocycles. The third-order valence-electron chi connectivity index (χ3n) is 5.76. The summed E-state index contributed by atoms with van der Waals surface area (Å²) in [5.41, 5.74) is 0. The lowest BCUT2D eigenvalue weighted by Gasteiger charge is -2.37. The molecule has 0 unspecified atom stereocenters. The van der Waals surface area contributed by atoms with E-state index in [2.05, 4.69) is 20.8 Å². The van der Waals surface area contributed by atoms with E-state index in [0.717, 1.165) is 0 Å². The van der Waals surface area contributed by atoms with Gasteiger partial charge in [0.15, 0.2) is 0 Å². The summed E-state index contributed by atoms with van der Waals surface area (Å²) in [6.07, 6.45) is 26.2. The normalized spacial score (nSPS) is 13.0. The van der Waals surface area contributed by atoms with Crippen molar-refractivity contribution in [2.24, 2.45) is 0 Å². The largest absolute Gasteiger partial charge is 1.00 e. The molecule has 1 saturated carbocycles. The molecule has 0 N–H and O–H groups in total. The Hall–Kier alpha value is 0.467. The summed E-state index contributed by atoms with van der Waals surface area (Å²) in [6, 6.07) is 0. The fraction of sp³-hybridized carbons (Fsp3) is 1.00. The molecule has 0 spiro atoms. The van der Waals surface area contributed by atoms with Crippen LogP contribution in [-0.2, 0) is 0 Å². The minimum atomic E-state index is 0. The molecular weight excluding hydrogens is 366 g/mol. The SMILES string of the molecule is C1CC1.CCCCCCC[N+]([SiH3])(CCCCCCC)CCCCCCC.[Cl-]. The van der Waals surface area contributed by atoms with Crippen molar-refractivity contribution in [3.05, 3.63) is 0 Å². The molecule has 0 aromatic carbocycles. The van der Waals surface area contributed by atoms with Crippen molar-refractivity contribution in [3.8, 4) is 0 Å². The fourth-order valence-electron chi connectivity index (χ4n) is 3.63. The van der Waals surface area contributed by atoms with Crippen molar-refractivity contribution < 1.29 is 16.6 Å². The Bertz CT molecular complexity index is 232. The Morgan fingerprint density at radius 3 is 0.963 bits per heavy atom. The molecule has 1 nitrogen and oxygen atoms in total. The molecule has 0 bridgehead atoms. The number of nitrogens with zero attached hydrogens (tertiary/aromatic N) is 1. The van der Waals surface area contributed by atoms with Crippen LogP contribution in [0.25, 0.3) is 0 Å². The third-order valence-corrected chi connectivity index (χ3v) is 7.10. The first-order valence-electron chi connectivity index (χ1n) is 12.5. The van der Waals surface area contributed by atoms with Gasteiger partial charge in [0.05, 0.1) is 19.6 Å². The Morgan fingerprint density at radius 1 is 0.481 bits per heavy atom. The molecule has 0 radical (unpaired) electrons. The first kappa shape index (κ1) is 29.7. The molecule has 0 aromatic heterocycles. The average molecular weight is 420 g/mol. The van der Waals surface area contributed by atoms with E-state index < -0.39 is 0 Å². The summed E-state index contributed by atoms with van der Waals surface area (Å²) in [7, 11) is 1.36. The second-order valence-electron chi connectivity index (χ2n) is 9.09. The van der Waals surface area contributed by atoms with Crippen LogP contribution in [0.2, 0.25) is 0 Å². The maximum Gasteiger partial charge on any atom is 0.239 e. The molecule has 0 aliphatic heterocycles. The summed E-state index contributed by atoms with van der Waals surface area (Å²) in [5, 5.41) is 0. The van der Waals surface area contributed by atoms with E-state index in [1.807, 2.05) is 0 Å². The Morgan fingerprint density at radius 2 is 0.741 bits per heavy atom. The molecule has 0 atom stereocenters. The van der Waals surface area contributed by atoms with Crippen LogP contribution < -0.4 is 12.4 Å². The van der Waals surface area contributed by atoms with E-state index in [0.29, 0.717) is 0 Å². The average Bonchev–Trinajstić information content (AvgIpc) is 3.50. The first-order chi connectivity index (χ1) is 12.7. The topological polar surface area (TPSA) is 0 Å². The maximum absolute atomic E-state index is 2.32. The Labute approximate surface area is 183 Å². The van der Waals surface area contributed by atoms with Crippen LogP contribution in [-0.4, -0.2) is 34.2 Å². The van der Waals surface area contributed by atoms with Gasteiger partial charge in [-0.2, -0.15) is 0 Å². The fourth-order valence-corrected chi connectivity index (χ4v) is 4.58. The zero-order valence-corrected chi connectivity index (χ0v) is 22.4. The number of hydrogen-bond donors (Lipinski definition) is 0. The molecule has 0 aromatic rings. The van der Waals surface area contributed by atoms with Crippen LogP contribution in [0.15, 0.2) is 0 Å². The third kappa shape index (κ3) is 24.4.